The average Bonchev–Trinajstić information content (AvgIpc) is 3.13. The summed E-state index contributed by atoms with van der Waals surface area (Å²) in [6.07, 6.45) is 3.48. The van der Waals surface area contributed by atoms with Crippen molar-refractivity contribution in [2.75, 3.05) is 6.61 Å². The number of hydrogen-bond donors (Lipinski definition) is 0. The molecule has 0 unspecified atom stereocenters. The zero-order valence-corrected chi connectivity index (χ0v) is 13.3. The van der Waals surface area contributed by atoms with Crippen LogP contribution in [0.4, 0.5) is 0 Å². The molecule has 0 amide bonds. The lowest BCUT2D eigenvalue weighted by molar-refractivity contribution is 0.0529. The molecule has 0 bridgehead atoms. The molecule has 120 valence electrons. The Morgan fingerprint density at radius 3 is 2.83 bits per heavy atom. The van der Waals surface area contributed by atoms with Crippen molar-refractivity contribution in [3.05, 3.63) is 48.3 Å². The van der Waals surface area contributed by atoms with E-state index in [9.17, 15) is 4.79 Å². The van der Waals surface area contributed by atoms with Gasteiger partial charge in [0, 0.05) is 19.4 Å². The van der Waals surface area contributed by atoms with Crippen LogP contribution in [0.25, 0.3) is 28.2 Å². The normalized spacial score (nSPS) is 11.2. The van der Waals surface area contributed by atoms with Gasteiger partial charge in [0.15, 0.2) is 11.5 Å². The highest BCUT2D eigenvalue weighted by molar-refractivity contribution is 6.03. The Bertz CT molecular complexity index is 1060. The molecule has 0 aliphatic rings. The molecule has 7 heteroatoms. The Morgan fingerprint density at radius 1 is 1.21 bits per heavy atom. The molecule has 24 heavy (non-hydrogen) atoms. The van der Waals surface area contributed by atoms with Gasteiger partial charge in [-0.2, -0.15) is 5.10 Å². The minimum absolute atomic E-state index is 0.298. The van der Waals surface area contributed by atoms with Gasteiger partial charge in [-0.05, 0) is 31.2 Å². The quantitative estimate of drug-likeness (QED) is 0.542. The van der Waals surface area contributed by atoms with E-state index in [-0.39, 0.29) is 0 Å². The number of carbonyl (C=O) groups is 1. The van der Waals surface area contributed by atoms with Gasteiger partial charge in [0.2, 0.25) is 0 Å². The van der Waals surface area contributed by atoms with E-state index in [2.05, 4.69) is 15.1 Å². The number of rotatable bonds is 3. The summed E-state index contributed by atoms with van der Waals surface area (Å²) in [5.41, 5.74) is 3.07. The van der Waals surface area contributed by atoms with Crippen LogP contribution in [0.3, 0.4) is 0 Å². The van der Waals surface area contributed by atoms with E-state index < -0.39 is 5.97 Å². The fourth-order valence-corrected chi connectivity index (χ4v) is 2.80. The number of aryl methyl sites for hydroxylation is 1. The minimum Gasteiger partial charge on any atom is -0.462 e. The van der Waals surface area contributed by atoms with Gasteiger partial charge in [-0.1, -0.05) is 6.07 Å². The van der Waals surface area contributed by atoms with Crippen LogP contribution in [-0.2, 0) is 11.8 Å². The summed E-state index contributed by atoms with van der Waals surface area (Å²) in [6, 6.07) is 9.33. The van der Waals surface area contributed by atoms with E-state index in [0.29, 0.717) is 34.9 Å². The first-order chi connectivity index (χ1) is 11.7. The second-order valence-electron chi connectivity index (χ2n) is 5.32. The average molecular weight is 321 g/mol. The van der Waals surface area contributed by atoms with Gasteiger partial charge in [-0.3, -0.25) is 0 Å². The van der Waals surface area contributed by atoms with Crippen molar-refractivity contribution in [2.45, 2.75) is 6.92 Å². The largest absolute Gasteiger partial charge is 0.462 e. The maximum atomic E-state index is 12.5. The zero-order chi connectivity index (χ0) is 16.7. The van der Waals surface area contributed by atoms with Crippen molar-refractivity contribution in [3.63, 3.8) is 0 Å². The maximum absolute atomic E-state index is 12.5. The topological polar surface area (TPSA) is 74.3 Å². The van der Waals surface area contributed by atoms with Crippen LogP contribution in [-0.4, -0.2) is 36.7 Å². The van der Waals surface area contributed by atoms with Crippen LogP contribution in [0, 0.1) is 0 Å². The molecule has 0 atom stereocenters. The van der Waals surface area contributed by atoms with Gasteiger partial charge < -0.3 is 9.30 Å². The summed E-state index contributed by atoms with van der Waals surface area (Å²) in [4.78, 5) is 21.3. The third-order valence-corrected chi connectivity index (χ3v) is 3.89. The number of ether oxygens (including phenoxy) is 1. The van der Waals surface area contributed by atoms with Crippen molar-refractivity contribution >= 4 is 22.6 Å². The number of nitrogens with zero attached hydrogens (tertiary/aromatic N) is 5. The van der Waals surface area contributed by atoms with Crippen LogP contribution >= 0.6 is 0 Å². The van der Waals surface area contributed by atoms with Gasteiger partial charge >= 0.3 is 5.97 Å². The maximum Gasteiger partial charge on any atom is 0.342 e. The summed E-state index contributed by atoms with van der Waals surface area (Å²) < 4.78 is 8.77. The third kappa shape index (κ3) is 2.05. The number of aromatic nitrogens is 5. The molecule has 0 radical (unpaired) electrons. The third-order valence-electron chi connectivity index (χ3n) is 3.89. The first-order valence-electron chi connectivity index (χ1n) is 7.63. The van der Waals surface area contributed by atoms with E-state index in [1.807, 2.05) is 41.9 Å². The van der Waals surface area contributed by atoms with E-state index in [1.165, 1.54) is 0 Å². The summed E-state index contributed by atoms with van der Waals surface area (Å²) in [5.74, 6) is 0.171. The molecule has 0 saturated carbocycles. The highest BCUT2D eigenvalue weighted by Gasteiger charge is 2.25. The SMILES string of the molecule is CCOC(=O)c1c(-c2nc3ncccc3n2C)nn2ccccc12. The van der Waals surface area contributed by atoms with E-state index in [0.717, 1.165) is 5.52 Å². The van der Waals surface area contributed by atoms with Crippen LogP contribution in [0.2, 0.25) is 0 Å². The van der Waals surface area contributed by atoms with E-state index in [1.54, 1.807) is 23.8 Å². The summed E-state index contributed by atoms with van der Waals surface area (Å²) >= 11 is 0. The fraction of sp³-hybridized carbons (Fsp3) is 0.176. The molecule has 7 nitrogen and oxygen atoms in total. The number of esters is 1. The monoisotopic (exact) mass is 321 g/mol. The number of imidazole rings is 1. The molecular weight excluding hydrogens is 306 g/mol. The lowest BCUT2D eigenvalue weighted by atomic mass is 10.2. The molecule has 0 spiro atoms. The van der Waals surface area contributed by atoms with E-state index >= 15 is 0 Å². The molecule has 0 aromatic carbocycles. The Kier molecular flexibility index (Phi) is 3.26. The van der Waals surface area contributed by atoms with Crippen molar-refractivity contribution < 1.29 is 9.53 Å². The Hall–Kier alpha value is -3.22. The van der Waals surface area contributed by atoms with E-state index in [4.69, 9.17) is 4.74 Å². The van der Waals surface area contributed by atoms with Gasteiger partial charge in [0.1, 0.15) is 11.3 Å². The van der Waals surface area contributed by atoms with Crippen LogP contribution in [0.1, 0.15) is 17.3 Å². The summed E-state index contributed by atoms with van der Waals surface area (Å²) in [6.45, 7) is 2.08. The standard InChI is InChI=1S/C17H15N5O2/c1-3-24-17(23)13-11-7-4-5-10-22(11)20-14(13)16-19-15-12(21(16)2)8-6-9-18-15/h4-10H,3H2,1-2H3. The highest BCUT2D eigenvalue weighted by atomic mass is 16.5. The van der Waals surface area contributed by atoms with Crippen LogP contribution in [0.15, 0.2) is 42.7 Å². The molecule has 4 rings (SSSR count). The number of fused-ring (bicyclic) bond motifs is 2. The molecule has 0 aliphatic carbocycles. The lowest BCUT2D eigenvalue weighted by Gasteiger charge is -2.03. The fourth-order valence-electron chi connectivity index (χ4n) is 2.80. The highest BCUT2D eigenvalue weighted by Crippen LogP contribution is 2.28. The number of hydrogen-bond acceptors (Lipinski definition) is 5. The Labute approximate surface area is 137 Å². The summed E-state index contributed by atoms with van der Waals surface area (Å²) in [5, 5.41) is 4.55. The number of carbonyl (C=O) groups excluding carboxylic acids is 1. The molecular formula is C17H15N5O2. The molecule has 4 heterocycles. The molecule has 4 aromatic rings. The second-order valence-corrected chi connectivity index (χ2v) is 5.32. The first kappa shape index (κ1) is 14.4. The lowest BCUT2D eigenvalue weighted by Crippen LogP contribution is -2.07. The second kappa shape index (κ2) is 5.45. The van der Waals surface area contributed by atoms with Gasteiger partial charge in [-0.15, -0.1) is 0 Å². The van der Waals surface area contributed by atoms with Gasteiger partial charge in [0.25, 0.3) is 0 Å². The molecule has 0 saturated heterocycles. The van der Waals surface area contributed by atoms with Crippen molar-refractivity contribution in [1.82, 2.24) is 24.1 Å². The van der Waals surface area contributed by atoms with Crippen molar-refractivity contribution in [2.24, 2.45) is 7.05 Å². The minimum atomic E-state index is -0.409. The first-order valence-corrected chi connectivity index (χ1v) is 7.63. The predicted octanol–water partition coefficient (Wildman–Crippen LogP) is 2.46. The molecule has 0 N–H and O–H groups in total. The van der Waals surface area contributed by atoms with Crippen LogP contribution in [0.5, 0.6) is 0 Å². The Morgan fingerprint density at radius 2 is 2.04 bits per heavy atom. The Balaban J connectivity index is 2.03. The molecule has 0 fully saturated rings. The van der Waals surface area contributed by atoms with Crippen molar-refractivity contribution in [1.29, 1.82) is 0 Å². The van der Waals surface area contributed by atoms with Crippen LogP contribution < -0.4 is 0 Å². The van der Waals surface area contributed by atoms with Gasteiger partial charge in [0.05, 0.1) is 17.6 Å². The van der Waals surface area contributed by atoms with Crippen molar-refractivity contribution in [3.8, 4) is 11.5 Å². The molecule has 4 aromatic heterocycles. The zero-order valence-electron chi connectivity index (χ0n) is 13.3. The molecule has 0 aliphatic heterocycles. The summed E-state index contributed by atoms with van der Waals surface area (Å²) in [7, 11) is 1.88. The van der Waals surface area contributed by atoms with Gasteiger partial charge in [-0.25, -0.2) is 19.3 Å². The number of pyridine rings is 2. The predicted molar refractivity (Wildman–Crippen MR) is 88.7 cm³/mol. The smallest absolute Gasteiger partial charge is 0.342 e.